The standard InChI is InChI=1S/C11H13NO3/c1-12(11(14)8-13)7-9-4-3-5-10(6-9)15-2/h3-6,8H,7H2,1-2H3. The summed E-state index contributed by atoms with van der Waals surface area (Å²) in [6.07, 6.45) is 0.306. The number of likely N-dealkylation sites (N-methyl/N-ethyl adjacent to an activating group) is 1. The van der Waals surface area contributed by atoms with E-state index >= 15 is 0 Å². The van der Waals surface area contributed by atoms with Gasteiger partial charge >= 0.3 is 0 Å². The maximum Gasteiger partial charge on any atom is 0.286 e. The summed E-state index contributed by atoms with van der Waals surface area (Å²) in [7, 11) is 3.16. The van der Waals surface area contributed by atoms with Gasteiger partial charge in [0.1, 0.15) is 5.75 Å². The predicted molar refractivity (Wildman–Crippen MR) is 55.5 cm³/mol. The minimum absolute atomic E-state index is 0.306. The summed E-state index contributed by atoms with van der Waals surface area (Å²) in [5.41, 5.74) is 0.923. The highest BCUT2D eigenvalue weighted by Gasteiger charge is 2.07. The van der Waals surface area contributed by atoms with Gasteiger partial charge in [0, 0.05) is 13.6 Å². The molecule has 0 aliphatic rings. The van der Waals surface area contributed by atoms with Crippen molar-refractivity contribution in [3.8, 4) is 5.75 Å². The summed E-state index contributed by atoms with van der Waals surface area (Å²) >= 11 is 0. The minimum atomic E-state index is -0.530. The van der Waals surface area contributed by atoms with E-state index in [-0.39, 0.29) is 0 Å². The van der Waals surface area contributed by atoms with E-state index < -0.39 is 5.91 Å². The predicted octanol–water partition coefficient (Wildman–Crippen LogP) is 0.852. The molecule has 15 heavy (non-hydrogen) atoms. The number of aldehydes is 1. The summed E-state index contributed by atoms with van der Waals surface area (Å²) in [5, 5.41) is 0. The van der Waals surface area contributed by atoms with Crippen molar-refractivity contribution in [2.24, 2.45) is 0 Å². The summed E-state index contributed by atoms with van der Waals surface area (Å²) in [4.78, 5) is 22.6. The molecule has 0 heterocycles. The van der Waals surface area contributed by atoms with Gasteiger partial charge in [-0.1, -0.05) is 12.1 Å². The van der Waals surface area contributed by atoms with Crippen LogP contribution in [-0.4, -0.2) is 31.3 Å². The van der Waals surface area contributed by atoms with Crippen LogP contribution in [-0.2, 0) is 16.1 Å². The molecule has 0 atom stereocenters. The van der Waals surface area contributed by atoms with Crippen molar-refractivity contribution in [3.05, 3.63) is 29.8 Å². The second-order valence-electron chi connectivity index (χ2n) is 3.16. The van der Waals surface area contributed by atoms with Crippen LogP contribution in [0.25, 0.3) is 0 Å². The van der Waals surface area contributed by atoms with E-state index in [0.717, 1.165) is 11.3 Å². The van der Waals surface area contributed by atoms with Crippen molar-refractivity contribution in [2.75, 3.05) is 14.2 Å². The van der Waals surface area contributed by atoms with E-state index in [4.69, 9.17) is 4.74 Å². The highest BCUT2D eigenvalue weighted by Crippen LogP contribution is 2.13. The van der Waals surface area contributed by atoms with Crippen molar-refractivity contribution in [1.29, 1.82) is 0 Å². The first-order valence-electron chi connectivity index (χ1n) is 4.50. The second-order valence-corrected chi connectivity index (χ2v) is 3.16. The van der Waals surface area contributed by atoms with Crippen LogP contribution in [0.4, 0.5) is 0 Å². The number of carbonyl (C=O) groups is 2. The van der Waals surface area contributed by atoms with Gasteiger partial charge in [0.15, 0.2) is 0 Å². The molecule has 1 aromatic rings. The Morgan fingerprint density at radius 2 is 2.27 bits per heavy atom. The monoisotopic (exact) mass is 207 g/mol. The zero-order valence-electron chi connectivity index (χ0n) is 8.77. The Morgan fingerprint density at radius 1 is 1.53 bits per heavy atom. The van der Waals surface area contributed by atoms with Crippen LogP contribution in [0.5, 0.6) is 5.75 Å². The lowest BCUT2D eigenvalue weighted by atomic mass is 10.2. The third kappa shape index (κ3) is 3.09. The average molecular weight is 207 g/mol. The number of hydrogen-bond donors (Lipinski definition) is 0. The first-order valence-corrected chi connectivity index (χ1v) is 4.50. The largest absolute Gasteiger partial charge is 0.497 e. The number of methoxy groups -OCH3 is 1. The molecule has 1 rings (SSSR count). The molecule has 0 saturated heterocycles. The van der Waals surface area contributed by atoms with Crippen LogP contribution in [0.3, 0.4) is 0 Å². The number of ether oxygens (including phenoxy) is 1. The summed E-state index contributed by atoms with van der Waals surface area (Å²) in [6.45, 7) is 0.398. The summed E-state index contributed by atoms with van der Waals surface area (Å²) in [6, 6.07) is 7.37. The Balaban J connectivity index is 2.71. The van der Waals surface area contributed by atoms with Gasteiger partial charge in [0.2, 0.25) is 6.29 Å². The fourth-order valence-corrected chi connectivity index (χ4v) is 1.21. The number of benzene rings is 1. The zero-order valence-corrected chi connectivity index (χ0v) is 8.77. The molecule has 1 aromatic carbocycles. The van der Waals surface area contributed by atoms with Crippen LogP contribution in [0.15, 0.2) is 24.3 Å². The number of hydrogen-bond acceptors (Lipinski definition) is 3. The first kappa shape index (κ1) is 11.2. The van der Waals surface area contributed by atoms with E-state index in [0.29, 0.717) is 12.8 Å². The Bertz CT molecular complexity index is 363. The molecule has 0 fully saturated rings. The number of rotatable bonds is 4. The lowest BCUT2D eigenvalue weighted by Gasteiger charge is -2.14. The maximum atomic E-state index is 11.0. The number of nitrogens with zero attached hydrogens (tertiary/aromatic N) is 1. The molecular weight excluding hydrogens is 194 g/mol. The topological polar surface area (TPSA) is 46.6 Å². The van der Waals surface area contributed by atoms with Crippen molar-refractivity contribution in [3.63, 3.8) is 0 Å². The Morgan fingerprint density at radius 3 is 2.87 bits per heavy atom. The highest BCUT2D eigenvalue weighted by molar-refractivity contribution is 6.23. The Kier molecular flexibility index (Phi) is 3.85. The van der Waals surface area contributed by atoms with Crippen LogP contribution >= 0.6 is 0 Å². The minimum Gasteiger partial charge on any atom is -0.497 e. The van der Waals surface area contributed by atoms with Crippen molar-refractivity contribution in [1.82, 2.24) is 4.90 Å². The lowest BCUT2D eigenvalue weighted by molar-refractivity contribution is -0.138. The van der Waals surface area contributed by atoms with Gasteiger partial charge in [-0.15, -0.1) is 0 Å². The van der Waals surface area contributed by atoms with Gasteiger partial charge in [-0.3, -0.25) is 9.59 Å². The fraction of sp³-hybridized carbons (Fsp3) is 0.273. The molecule has 0 aromatic heterocycles. The molecule has 0 radical (unpaired) electrons. The molecule has 80 valence electrons. The van der Waals surface area contributed by atoms with Crippen LogP contribution in [0, 0.1) is 0 Å². The van der Waals surface area contributed by atoms with Crippen molar-refractivity contribution >= 4 is 12.2 Å². The second kappa shape index (κ2) is 5.14. The van der Waals surface area contributed by atoms with Gasteiger partial charge in [-0.25, -0.2) is 0 Å². The first-order chi connectivity index (χ1) is 7.17. The summed E-state index contributed by atoms with van der Waals surface area (Å²) in [5.74, 6) is 0.206. The number of amides is 1. The number of carbonyl (C=O) groups excluding carboxylic acids is 2. The van der Waals surface area contributed by atoms with E-state index in [9.17, 15) is 9.59 Å². The van der Waals surface area contributed by atoms with Gasteiger partial charge in [0.25, 0.3) is 5.91 Å². The zero-order chi connectivity index (χ0) is 11.3. The van der Waals surface area contributed by atoms with Gasteiger partial charge < -0.3 is 9.64 Å². The lowest BCUT2D eigenvalue weighted by Crippen LogP contribution is -2.26. The van der Waals surface area contributed by atoms with E-state index in [1.54, 1.807) is 14.2 Å². The highest BCUT2D eigenvalue weighted by atomic mass is 16.5. The smallest absolute Gasteiger partial charge is 0.286 e. The molecule has 4 nitrogen and oxygen atoms in total. The van der Waals surface area contributed by atoms with E-state index in [2.05, 4.69) is 0 Å². The van der Waals surface area contributed by atoms with Crippen molar-refractivity contribution in [2.45, 2.75) is 6.54 Å². The van der Waals surface area contributed by atoms with Gasteiger partial charge in [0.05, 0.1) is 7.11 Å². The normalized spacial score (nSPS) is 9.47. The molecule has 0 spiro atoms. The molecule has 0 unspecified atom stereocenters. The molecule has 1 amide bonds. The van der Waals surface area contributed by atoms with Crippen LogP contribution < -0.4 is 4.74 Å². The quantitative estimate of drug-likeness (QED) is 0.543. The average Bonchev–Trinajstić information content (AvgIpc) is 2.28. The third-order valence-corrected chi connectivity index (χ3v) is 2.03. The van der Waals surface area contributed by atoms with Gasteiger partial charge in [-0.2, -0.15) is 0 Å². The molecule has 4 heteroatoms. The van der Waals surface area contributed by atoms with Crippen LogP contribution in [0.1, 0.15) is 5.56 Å². The van der Waals surface area contributed by atoms with Crippen molar-refractivity contribution < 1.29 is 14.3 Å². The molecule has 0 aliphatic heterocycles. The molecule has 0 saturated carbocycles. The van der Waals surface area contributed by atoms with Gasteiger partial charge in [-0.05, 0) is 17.7 Å². The molecule has 0 bridgehead atoms. The summed E-state index contributed by atoms with van der Waals surface area (Å²) < 4.78 is 5.05. The van der Waals surface area contributed by atoms with E-state index in [1.807, 2.05) is 24.3 Å². The Labute approximate surface area is 88.5 Å². The molecule has 0 N–H and O–H groups in total. The van der Waals surface area contributed by atoms with Crippen LogP contribution in [0.2, 0.25) is 0 Å². The maximum absolute atomic E-state index is 11.0. The Hall–Kier alpha value is -1.84. The fourth-order valence-electron chi connectivity index (χ4n) is 1.21. The SMILES string of the molecule is COc1cccc(CN(C)C(=O)C=O)c1. The van der Waals surface area contributed by atoms with E-state index in [1.165, 1.54) is 4.90 Å². The molecular formula is C11H13NO3. The molecule has 0 aliphatic carbocycles. The third-order valence-electron chi connectivity index (χ3n) is 2.03.